The SMILES string of the molecule is CCCCCCCCCCCCC/C=C/CCCC(O)C(O)C(COC1OC(CO)C(O)C(O)C1O)NC(=O)C(O)CCCCCCCCCCCCCCCCCCCCCCCCCC. The quantitative estimate of drug-likeness (QED) is 0.0215. The summed E-state index contributed by atoms with van der Waals surface area (Å²) >= 11 is 0. The van der Waals surface area contributed by atoms with Gasteiger partial charge < -0.3 is 50.5 Å². The minimum Gasteiger partial charge on any atom is -0.394 e. The van der Waals surface area contributed by atoms with Gasteiger partial charge in [-0.25, -0.2) is 0 Å². The summed E-state index contributed by atoms with van der Waals surface area (Å²) in [5, 5.41) is 76.0. The van der Waals surface area contributed by atoms with Crippen molar-refractivity contribution < 1.29 is 50.0 Å². The molecule has 0 aromatic carbocycles. The van der Waals surface area contributed by atoms with Crippen molar-refractivity contribution in [3.05, 3.63) is 12.2 Å². The highest BCUT2D eigenvalue weighted by atomic mass is 16.7. The molecule has 11 heteroatoms. The van der Waals surface area contributed by atoms with Gasteiger partial charge in [-0.1, -0.05) is 244 Å². The molecule has 1 amide bonds. The van der Waals surface area contributed by atoms with Crippen LogP contribution in [-0.4, -0.2) is 110 Å². The van der Waals surface area contributed by atoms with Gasteiger partial charge in [-0.2, -0.15) is 0 Å². The highest BCUT2D eigenvalue weighted by molar-refractivity contribution is 5.80. The summed E-state index contributed by atoms with van der Waals surface area (Å²) in [7, 11) is 0. The van der Waals surface area contributed by atoms with Gasteiger partial charge in [0.25, 0.3) is 0 Å². The van der Waals surface area contributed by atoms with Gasteiger partial charge in [-0.15, -0.1) is 0 Å². The summed E-state index contributed by atoms with van der Waals surface area (Å²) in [5.41, 5.74) is 0. The molecular weight excluding hydrogens is 847 g/mol. The van der Waals surface area contributed by atoms with Gasteiger partial charge in [0, 0.05) is 0 Å². The monoisotopic (exact) mass is 956 g/mol. The fourth-order valence-corrected chi connectivity index (χ4v) is 9.39. The summed E-state index contributed by atoms with van der Waals surface area (Å²) < 4.78 is 11.1. The summed E-state index contributed by atoms with van der Waals surface area (Å²) in [6, 6.07) is -1.18. The lowest BCUT2D eigenvalue weighted by Gasteiger charge is -2.40. The number of ether oxygens (including phenoxy) is 2. The fourth-order valence-electron chi connectivity index (χ4n) is 9.39. The van der Waals surface area contributed by atoms with E-state index in [2.05, 4.69) is 31.3 Å². The van der Waals surface area contributed by atoms with E-state index in [0.717, 1.165) is 38.5 Å². The second-order valence-electron chi connectivity index (χ2n) is 20.4. The van der Waals surface area contributed by atoms with E-state index in [-0.39, 0.29) is 12.8 Å². The number of nitrogens with one attached hydrogen (secondary N) is 1. The van der Waals surface area contributed by atoms with E-state index in [9.17, 15) is 40.5 Å². The molecule has 9 atom stereocenters. The number of allylic oxidation sites excluding steroid dienone is 2. The largest absolute Gasteiger partial charge is 0.394 e. The number of aliphatic hydroxyl groups excluding tert-OH is 7. The normalized spacial score (nSPS) is 20.6. The molecule has 1 aliphatic heterocycles. The third kappa shape index (κ3) is 34.8. The molecule has 0 aromatic rings. The Morgan fingerprint density at radius 1 is 0.507 bits per heavy atom. The lowest BCUT2D eigenvalue weighted by Crippen LogP contribution is -2.60. The van der Waals surface area contributed by atoms with E-state index >= 15 is 0 Å². The van der Waals surface area contributed by atoms with Crippen LogP contribution in [-0.2, 0) is 14.3 Å². The van der Waals surface area contributed by atoms with Gasteiger partial charge in [0.2, 0.25) is 5.91 Å². The average molecular weight is 956 g/mol. The van der Waals surface area contributed by atoms with Crippen molar-refractivity contribution in [3.8, 4) is 0 Å². The van der Waals surface area contributed by atoms with Gasteiger partial charge in [-0.05, 0) is 38.5 Å². The smallest absolute Gasteiger partial charge is 0.249 e. The van der Waals surface area contributed by atoms with Gasteiger partial charge >= 0.3 is 0 Å². The number of hydrogen-bond donors (Lipinski definition) is 8. The topological polar surface area (TPSA) is 189 Å². The first kappa shape index (κ1) is 63.9. The van der Waals surface area contributed by atoms with Crippen LogP contribution in [0.3, 0.4) is 0 Å². The Bertz CT molecular complexity index is 1100. The lowest BCUT2D eigenvalue weighted by atomic mass is 9.98. The predicted octanol–water partition coefficient (Wildman–Crippen LogP) is 11.6. The molecule has 398 valence electrons. The van der Waals surface area contributed by atoms with Crippen LogP contribution < -0.4 is 5.32 Å². The summed E-state index contributed by atoms with van der Waals surface area (Å²) in [6.07, 6.45) is 41.3. The van der Waals surface area contributed by atoms with Crippen LogP contribution in [0.25, 0.3) is 0 Å². The van der Waals surface area contributed by atoms with Crippen LogP contribution in [0, 0.1) is 0 Å². The zero-order valence-electron chi connectivity index (χ0n) is 43.4. The van der Waals surface area contributed by atoms with Crippen molar-refractivity contribution in [1.29, 1.82) is 0 Å². The van der Waals surface area contributed by atoms with Crippen molar-refractivity contribution in [2.45, 2.75) is 326 Å². The predicted molar refractivity (Wildman–Crippen MR) is 275 cm³/mol. The van der Waals surface area contributed by atoms with Gasteiger partial charge in [0.1, 0.15) is 36.6 Å². The molecule has 0 aromatic heterocycles. The Morgan fingerprint density at radius 3 is 1.28 bits per heavy atom. The highest BCUT2D eigenvalue weighted by Gasteiger charge is 2.44. The van der Waals surface area contributed by atoms with Crippen molar-refractivity contribution >= 4 is 5.91 Å². The molecule has 0 spiro atoms. The molecule has 0 saturated carbocycles. The molecule has 1 fully saturated rings. The van der Waals surface area contributed by atoms with E-state index in [1.165, 1.54) is 193 Å². The average Bonchev–Trinajstić information content (AvgIpc) is 3.33. The van der Waals surface area contributed by atoms with Crippen LogP contribution in [0.15, 0.2) is 12.2 Å². The molecule has 9 unspecified atom stereocenters. The molecule has 0 radical (unpaired) electrons. The maximum absolute atomic E-state index is 13.2. The van der Waals surface area contributed by atoms with Crippen LogP contribution in [0.1, 0.15) is 271 Å². The number of hydrogen-bond acceptors (Lipinski definition) is 10. The van der Waals surface area contributed by atoms with Crippen molar-refractivity contribution in [3.63, 3.8) is 0 Å². The van der Waals surface area contributed by atoms with E-state index < -0.39 is 74.2 Å². The molecule has 0 bridgehead atoms. The fraction of sp³-hybridized carbons (Fsp3) is 0.946. The van der Waals surface area contributed by atoms with Crippen LogP contribution in [0.4, 0.5) is 0 Å². The summed E-state index contributed by atoms with van der Waals surface area (Å²) in [6.45, 7) is 3.47. The molecular formula is C56H109NO10. The van der Waals surface area contributed by atoms with Crippen LogP contribution >= 0.6 is 0 Å². The minimum atomic E-state index is -1.66. The molecule has 0 aliphatic carbocycles. The minimum absolute atomic E-state index is 0.259. The zero-order chi connectivity index (χ0) is 49.0. The number of aliphatic hydroxyl groups is 7. The van der Waals surface area contributed by atoms with Crippen LogP contribution in [0.5, 0.6) is 0 Å². The lowest BCUT2D eigenvalue weighted by molar-refractivity contribution is -0.303. The third-order valence-electron chi connectivity index (χ3n) is 14.1. The Hall–Kier alpha value is -1.15. The molecule has 67 heavy (non-hydrogen) atoms. The van der Waals surface area contributed by atoms with Gasteiger partial charge in [-0.3, -0.25) is 4.79 Å². The first-order valence-corrected chi connectivity index (χ1v) is 28.6. The van der Waals surface area contributed by atoms with Gasteiger partial charge in [0.05, 0.1) is 25.4 Å². The maximum atomic E-state index is 13.2. The Kier molecular flexibility index (Phi) is 43.8. The number of rotatable bonds is 49. The van der Waals surface area contributed by atoms with Crippen LogP contribution in [0.2, 0.25) is 0 Å². The summed E-state index contributed by atoms with van der Waals surface area (Å²) in [4.78, 5) is 13.2. The summed E-state index contributed by atoms with van der Waals surface area (Å²) in [5.74, 6) is -0.701. The Morgan fingerprint density at radius 2 is 0.881 bits per heavy atom. The standard InChI is InChI=1S/C56H109NO10/c1-3-5-7-9-11-13-15-17-19-21-22-23-24-25-26-27-28-30-32-34-36-38-40-42-44-49(60)55(65)57-47(46-66-56-54(64)53(63)52(62)50(45-58)67-56)51(61)48(59)43-41-39-37-35-33-31-29-20-18-16-14-12-10-8-6-4-2/h35,37,47-54,56,58-64H,3-34,36,38-46H2,1-2H3,(H,57,65)/b37-35+. The molecule has 1 heterocycles. The molecule has 11 nitrogen and oxygen atoms in total. The maximum Gasteiger partial charge on any atom is 0.249 e. The number of unbranched alkanes of at least 4 members (excludes halogenated alkanes) is 35. The Balaban J connectivity index is 2.30. The van der Waals surface area contributed by atoms with E-state index in [4.69, 9.17) is 9.47 Å². The van der Waals surface area contributed by atoms with Gasteiger partial charge in [0.15, 0.2) is 6.29 Å². The van der Waals surface area contributed by atoms with Crippen molar-refractivity contribution in [2.75, 3.05) is 13.2 Å². The zero-order valence-corrected chi connectivity index (χ0v) is 43.4. The highest BCUT2D eigenvalue weighted by Crippen LogP contribution is 2.23. The molecule has 1 aliphatic rings. The van der Waals surface area contributed by atoms with Crippen molar-refractivity contribution in [1.82, 2.24) is 5.32 Å². The Labute approximate surface area is 411 Å². The number of carbonyl (C=O) groups is 1. The second-order valence-corrected chi connectivity index (χ2v) is 20.4. The van der Waals surface area contributed by atoms with E-state index in [1.54, 1.807) is 0 Å². The molecule has 8 N–H and O–H groups in total. The molecule has 1 rings (SSSR count). The first-order valence-electron chi connectivity index (χ1n) is 28.6. The third-order valence-corrected chi connectivity index (χ3v) is 14.1. The molecule has 1 saturated heterocycles. The van der Waals surface area contributed by atoms with Crippen molar-refractivity contribution in [2.24, 2.45) is 0 Å². The van der Waals surface area contributed by atoms with E-state index in [0.29, 0.717) is 12.8 Å². The van der Waals surface area contributed by atoms with E-state index in [1.807, 2.05) is 0 Å². The number of amides is 1. The first-order chi connectivity index (χ1) is 32.7. The number of carbonyl (C=O) groups excluding carboxylic acids is 1. The second kappa shape index (κ2) is 46.0.